The number of nitrogens with zero attached hydrogens (tertiary/aromatic N) is 3. The second kappa shape index (κ2) is 4.64. The smallest absolute Gasteiger partial charge is 0.263 e. The predicted molar refractivity (Wildman–Crippen MR) is 75.0 cm³/mol. The van der Waals surface area contributed by atoms with Crippen LogP contribution >= 0.6 is 23.1 Å². The maximum atomic E-state index is 5.94. The third-order valence-electron chi connectivity index (χ3n) is 2.61. The monoisotopic (exact) mass is 292 g/mol. The van der Waals surface area contributed by atoms with Gasteiger partial charge in [0.05, 0.1) is 11.3 Å². The highest BCUT2D eigenvalue weighted by Gasteiger charge is 2.18. The normalized spacial score (nSPS) is 10.8. The molecule has 0 aliphatic carbocycles. The molecule has 7 heteroatoms. The van der Waals surface area contributed by atoms with Gasteiger partial charge in [0, 0.05) is 10.6 Å². The molecular formula is C12H9ClN4OS. The summed E-state index contributed by atoms with van der Waals surface area (Å²) in [7, 11) is 0. The van der Waals surface area contributed by atoms with Crippen LogP contribution in [0.4, 0.5) is 5.00 Å². The Hall–Kier alpha value is -1.92. The molecule has 0 bridgehead atoms. The number of aryl methyl sites for hydroxylation is 1. The Morgan fingerprint density at radius 2 is 2.21 bits per heavy atom. The summed E-state index contributed by atoms with van der Waals surface area (Å²) in [5.41, 5.74) is 8.13. The highest BCUT2D eigenvalue weighted by Crippen LogP contribution is 2.32. The lowest BCUT2D eigenvalue weighted by molar-refractivity contribution is 0.432. The van der Waals surface area contributed by atoms with Gasteiger partial charge >= 0.3 is 0 Å². The lowest BCUT2D eigenvalue weighted by Gasteiger charge is -1.94. The van der Waals surface area contributed by atoms with Crippen molar-refractivity contribution in [3.63, 3.8) is 0 Å². The van der Waals surface area contributed by atoms with E-state index in [0.717, 1.165) is 11.3 Å². The van der Waals surface area contributed by atoms with E-state index < -0.39 is 0 Å². The van der Waals surface area contributed by atoms with Gasteiger partial charge in [-0.15, -0.1) is 0 Å². The number of halogens is 1. The number of nitrogens with two attached hydrogens (primary N) is 1. The van der Waals surface area contributed by atoms with E-state index in [9.17, 15) is 0 Å². The Morgan fingerprint density at radius 1 is 1.37 bits per heavy atom. The molecule has 0 saturated carbocycles. The first kappa shape index (κ1) is 12.1. The van der Waals surface area contributed by atoms with Gasteiger partial charge < -0.3 is 10.3 Å². The molecule has 0 radical (unpaired) electrons. The summed E-state index contributed by atoms with van der Waals surface area (Å²) in [5.74, 6) is 0.848. The molecule has 0 spiro atoms. The largest absolute Gasteiger partial charge is 0.389 e. The first-order valence-electron chi connectivity index (χ1n) is 5.47. The van der Waals surface area contributed by atoms with E-state index >= 15 is 0 Å². The molecule has 5 nitrogen and oxygen atoms in total. The molecule has 3 rings (SSSR count). The van der Waals surface area contributed by atoms with Gasteiger partial charge in [0.15, 0.2) is 0 Å². The van der Waals surface area contributed by atoms with Crippen LogP contribution in [-0.2, 0) is 0 Å². The first-order chi connectivity index (χ1) is 9.15. The molecule has 2 heterocycles. The zero-order valence-electron chi connectivity index (χ0n) is 9.92. The van der Waals surface area contributed by atoms with Crippen molar-refractivity contribution in [3.05, 3.63) is 35.0 Å². The van der Waals surface area contributed by atoms with Gasteiger partial charge in [0.1, 0.15) is 5.00 Å². The highest BCUT2D eigenvalue weighted by molar-refractivity contribution is 7.10. The SMILES string of the molecule is Cc1nsc(N)c1-c1nc(-c2cccc(Cl)c2)no1. The lowest BCUT2D eigenvalue weighted by atomic mass is 10.2. The minimum Gasteiger partial charge on any atom is -0.389 e. The van der Waals surface area contributed by atoms with Crippen molar-refractivity contribution in [1.29, 1.82) is 0 Å². The molecular weight excluding hydrogens is 284 g/mol. The zero-order valence-corrected chi connectivity index (χ0v) is 11.5. The van der Waals surface area contributed by atoms with E-state index in [1.165, 1.54) is 11.5 Å². The van der Waals surface area contributed by atoms with Crippen molar-refractivity contribution < 1.29 is 4.52 Å². The van der Waals surface area contributed by atoms with Crippen molar-refractivity contribution >= 4 is 28.1 Å². The fourth-order valence-corrected chi connectivity index (χ4v) is 2.56. The van der Waals surface area contributed by atoms with Gasteiger partial charge in [-0.3, -0.25) is 0 Å². The van der Waals surface area contributed by atoms with Gasteiger partial charge in [-0.25, -0.2) is 0 Å². The van der Waals surface area contributed by atoms with Crippen LogP contribution in [0.1, 0.15) is 5.69 Å². The average molecular weight is 293 g/mol. The van der Waals surface area contributed by atoms with Crippen LogP contribution in [0, 0.1) is 6.92 Å². The van der Waals surface area contributed by atoms with Gasteiger partial charge in [-0.2, -0.15) is 9.36 Å². The Balaban J connectivity index is 2.05. The summed E-state index contributed by atoms with van der Waals surface area (Å²) < 4.78 is 9.40. The van der Waals surface area contributed by atoms with Crippen molar-refractivity contribution in [2.75, 3.05) is 5.73 Å². The third kappa shape index (κ3) is 2.20. The number of hydrogen-bond acceptors (Lipinski definition) is 6. The molecule has 2 aromatic heterocycles. The van der Waals surface area contributed by atoms with Gasteiger partial charge in [-0.05, 0) is 30.6 Å². The molecule has 19 heavy (non-hydrogen) atoms. The van der Waals surface area contributed by atoms with Gasteiger partial charge in [0.2, 0.25) is 5.82 Å². The van der Waals surface area contributed by atoms with Gasteiger partial charge in [-0.1, -0.05) is 28.9 Å². The summed E-state index contributed by atoms with van der Waals surface area (Å²) in [5, 5.41) is 5.13. The molecule has 0 saturated heterocycles. The molecule has 0 aliphatic rings. The minimum absolute atomic E-state index is 0.374. The lowest BCUT2D eigenvalue weighted by Crippen LogP contribution is -1.86. The predicted octanol–water partition coefficient (Wildman–Crippen LogP) is 3.40. The molecule has 0 amide bonds. The maximum absolute atomic E-state index is 5.94. The van der Waals surface area contributed by atoms with Crippen LogP contribution in [0.2, 0.25) is 5.02 Å². The van der Waals surface area contributed by atoms with E-state index in [1.54, 1.807) is 12.1 Å². The van der Waals surface area contributed by atoms with Crippen LogP contribution < -0.4 is 5.73 Å². The van der Waals surface area contributed by atoms with E-state index in [-0.39, 0.29) is 0 Å². The maximum Gasteiger partial charge on any atom is 0.263 e. The van der Waals surface area contributed by atoms with Crippen LogP contribution in [0.15, 0.2) is 28.8 Å². The Kier molecular flexibility index (Phi) is 2.96. The fourth-order valence-electron chi connectivity index (χ4n) is 1.72. The van der Waals surface area contributed by atoms with Gasteiger partial charge in [0.25, 0.3) is 5.89 Å². The molecule has 2 N–H and O–H groups in total. The van der Waals surface area contributed by atoms with Crippen molar-refractivity contribution in [3.8, 4) is 22.8 Å². The summed E-state index contributed by atoms with van der Waals surface area (Å²) >= 11 is 7.15. The molecule has 0 aliphatic heterocycles. The second-order valence-corrected chi connectivity index (χ2v) is 5.18. The van der Waals surface area contributed by atoms with Crippen LogP contribution in [0.25, 0.3) is 22.8 Å². The van der Waals surface area contributed by atoms with Crippen LogP contribution in [-0.4, -0.2) is 14.5 Å². The number of anilines is 1. The van der Waals surface area contributed by atoms with E-state index in [1.807, 2.05) is 19.1 Å². The second-order valence-electron chi connectivity index (χ2n) is 3.94. The summed E-state index contributed by atoms with van der Waals surface area (Å²) in [6, 6.07) is 7.26. The Morgan fingerprint density at radius 3 is 2.89 bits per heavy atom. The molecule has 0 fully saturated rings. The third-order valence-corrected chi connectivity index (χ3v) is 3.61. The van der Waals surface area contributed by atoms with E-state index in [2.05, 4.69) is 14.5 Å². The zero-order chi connectivity index (χ0) is 13.4. The molecule has 3 aromatic rings. The fraction of sp³-hybridized carbons (Fsp3) is 0.0833. The Bertz CT molecular complexity index is 717. The number of aromatic nitrogens is 3. The molecule has 1 aromatic carbocycles. The molecule has 96 valence electrons. The Labute approximate surface area is 118 Å². The standard InChI is InChI=1S/C12H9ClN4OS/c1-6-9(10(14)19-17-6)12-15-11(16-18-12)7-3-2-4-8(13)5-7/h2-5H,14H2,1H3. The van der Waals surface area contributed by atoms with E-state index in [4.69, 9.17) is 21.9 Å². The summed E-state index contributed by atoms with van der Waals surface area (Å²) in [6.45, 7) is 1.85. The molecule has 0 unspecified atom stereocenters. The van der Waals surface area contributed by atoms with Crippen molar-refractivity contribution in [2.24, 2.45) is 0 Å². The van der Waals surface area contributed by atoms with Crippen molar-refractivity contribution in [1.82, 2.24) is 14.5 Å². The summed E-state index contributed by atoms with van der Waals surface area (Å²) in [4.78, 5) is 4.34. The average Bonchev–Trinajstić information content (AvgIpc) is 2.97. The topological polar surface area (TPSA) is 77.8 Å². The van der Waals surface area contributed by atoms with Crippen molar-refractivity contribution in [2.45, 2.75) is 6.92 Å². The quantitative estimate of drug-likeness (QED) is 0.783. The van der Waals surface area contributed by atoms with Crippen LogP contribution in [0.3, 0.4) is 0 Å². The number of hydrogen-bond donors (Lipinski definition) is 1. The number of benzene rings is 1. The molecule has 0 atom stereocenters. The number of nitrogen functional groups attached to an aromatic ring is 1. The van der Waals surface area contributed by atoms with E-state index in [0.29, 0.717) is 27.3 Å². The first-order valence-corrected chi connectivity index (χ1v) is 6.62. The number of rotatable bonds is 2. The summed E-state index contributed by atoms with van der Waals surface area (Å²) in [6.07, 6.45) is 0. The highest BCUT2D eigenvalue weighted by atomic mass is 35.5. The van der Waals surface area contributed by atoms with Crippen LogP contribution in [0.5, 0.6) is 0 Å². The minimum atomic E-state index is 0.374.